The molecule has 0 aromatic heterocycles. The second-order valence-electron chi connectivity index (χ2n) is 5.41. The van der Waals surface area contributed by atoms with Crippen molar-refractivity contribution in [2.24, 2.45) is 0 Å². The zero-order chi connectivity index (χ0) is 16.1. The molecule has 1 atom stereocenters. The van der Waals surface area contributed by atoms with E-state index >= 15 is 0 Å². The van der Waals surface area contributed by atoms with Gasteiger partial charge in [0.05, 0.1) is 13.2 Å². The second kappa shape index (κ2) is 7.27. The fourth-order valence-electron chi connectivity index (χ4n) is 2.43. The van der Waals surface area contributed by atoms with Gasteiger partial charge in [0.1, 0.15) is 5.75 Å². The summed E-state index contributed by atoms with van der Waals surface area (Å²) in [6.45, 7) is 6.34. The smallest absolute Gasteiger partial charge is 0.171 e. The van der Waals surface area contributed by atoms with E-state index in [1.807, 2.05) is 24.3 Å². The molecule has 22 heavy (non-hydrogen) atoms. The maximum Gasteiger partial charge on any atom is 0.171 e. The van der Waals surface area contributed by atoms with Gasteiger partial charge in [-0.05, 0) is 68.4 Å². The highest BCUT2D eigenvalue weighted by molar-refractivity contribution is 7.80. The maximum absolute atomic E-state index is 5.39. The molecule has 0 amide bonds. The Labute approximate surface area is 137 Å². The Bertz CT molecular complexity index is 653. The van der Waals surface area contributed by atoms with Crippen LogP contribution in [0.5, 0.6) is 5.75 Å². The van der Waals surface area contributed by atoms with Crippen LogP contribution in [0.15, 0.2) is 42.5 Å². The monoisotopic (exact) mass is 314 g/mol. The highest BCUT2D eigenvalue weighted by Crippen LogP contribution is 2.19. The van der Waals surface area contributed by atoms with Gasteiger partial charge < -0.3 is 15.4 Å². The van der Waals surface area contributed by atoms with Crippen LogP contribution in [-0.2, 0) is 0 Å². The minimum atomic E-state index is 0.152. The minimum absolute atomic E-state index is 0.152. The lowest BCUT2D eigenvalue weighted by molar-refractivity contribution is 0.415. The van der Waals surface area contributed by atoms with E-state index < -0.39 is 0 Å². The van der Waals surface area contributed by atoms with E-state index in [1.54, 1.807) is 7.11 Å². The van der Waals surface area contributed by atoms with E-state index in [2.05, 4.69) is 49.6 Å². The number of methoxy groups -OCH3 is 1. The molecule has 0 aliphatic heterocycles. The quantitative estimate of drug-likeness (QED) is 0.822. The number of hydrogen-bond donors (Lipinski definition) is 2. The molecule has 0 saturated heterocycles. The Kier molecular flexibility index (Phi) is 5.39. The van der Waals surface area contributed by atoms with Crippen LogP contribution >= 0.6 is 12.2 Å². The fourth-order valence-corrected chi connectivity index (χ4v) is 2.72. The molecule has 2 N–H and O–H groups in total. The predicted molar refractivity (Wildman–Crippen MR) is 96.7 cm³/mol. The van der Waals surface area contributed by atoms with Gasteiger partial charge in [-0.25, -0.2) is 0 Å². The van der Waals surface area contributed by atoms with Gasteiger partial charge in [0.2, 0.25) is 0 Å². The van der Waals surface area contributed by atoms with E-state index in [0.29, 0.717) is 5.11 Å². The van der Waals surface area contributed by atoms with E-state index in [4.69, 9.17) is 17.0 Å². The number of thiocarbonyl (C=S) groups is 1. The summed E-state index contributed by atoms with van der Waals surface area (Å²) in [6, 6.07) is 14.3. The van der Waals surface area contributed by atoms with Crippen molar-refractivity contribution in [1.82, 2.24) is 5.32 Å². The van der Waals surface area contributed by atoms with Gasteiger partial charge in [-0.1, -0.05) is 23.8 Å². The van der Waals surface area contributed by atoms with Crippen molar-refractivity contribution < 1.29 is 4.74 Å². The molecule has 0 radical (unpaired) electrons. The van der Waals surface area contributed by atoms with Crippen molar-refractivity contribution in [3.05, 3.63) is 59.2 Å². The largest absolute Gasteiger partial charge is 0.497 e. The third-order valence-electron chi connectivity index (χ3n) is 3.59. The van der Waals surface area contributed by atoms with E-state index in [9.17, 15) is 0 Å². The van der Waals surface area contributed by atoms with Gasteiger partial charge in [-0.15, -0.1) is 0 Å². The summed E-state index contributed by atoms with van der Waals surface area (Å²) in [4.78, 5) is 0. The van der Waals surface area contributed by atoms with E-state index in [1.165, 1.54) is 16.7 Å². The molecule has 0 fully saturated rings. The van der Waals surface area contributed by atoms with Crippen LogP contribution in [0, 0.1) is 13.8 Å². The number of aryl methyl sites for hydroxylation is 2. The summed E-state index contributed by atoms with van der Waals surface area (Å²) in [5.74, 6) is 0.827. The maximum atomic E-state index is 5.39. The van der Waals surface area contributed by atoms with E-state index in [0.717, 1.165) is 11.4 Å². The predicted octanol–water partition coefficient (Wildman–Crippen LogP) is 4.36. The third-order valence-corrected chi connectivity index (χ3v) is 3.81. The average Bonchev–Trinajstić information content (AvgIpc) is 2.47. The molecule has 0 saturated carbocycles. The first-order valence-corrected chi connectivity index (χ1v) is 7.69. The van der Waals surface area contributed by atoms with Gasteiger partial charge >= 0.3 is 0 Å². The molecule has 3 nitrogen and oxygen atoms in total. The molecule has 1 unspecified atom stereocenters. The van der Waals surface area contributed by atoms with Crippen LogP contribution in [-0.4, -0.2) is 12.2 Å². The Balaban J connectivity index is 1.98. The van der Waals surface area contributed by atoms with Crippen LogP contribution in [0.3, 0.4) is 0 Å². The van der Waals surface area contributed by atoms with Gasteiger partial charge in [-0.3, -0.25) is 0 Å². The van der Waals surface area contributed by atoms with Gasteiger partial charge in [0.15, 0.2) is 5.11 Å². The number of hydrogen-bond acceptors (Lipinski definition) is 2. The topological polar surface area (TPSA) is 33.3 Å². The zero-order valence-corrected chi connectivity index (χ0v) is 14.3. The first kappa shape index (κ1) is 16.3. The van der Waals surface area contributed by atoms with Crippen molar-refractivity contribution in [1.29, 1.82) is 0 Å². The lowest BCUT2D eigenvalue weighted by Gasteiger charge is -2.19. The van der Waals surface area contributed by atoms with Crippen molar-refractivity contribution >= 4 is 23.0 Å². The average molecular weight is 314 g/mol. The van der Waals surface area contributed by atoms with Crippen LogP contribution < -0.4 is 15.4 Å². The summed E-state index contributed by atoms with van der Waals surface area (Å²) in [5, 5.41) is 7.12. The lowest BCUT2D eigenvalue weighted by atomic mass is 10.0. The molecule has 4 heteroatoms. The van der Waals surface area contributed by atoms with Crippen LogP contribution in [0.4, 0.5) is 5.69 Å². The van der Waals surface area contributed by atoms with Crippen molar-refractivity contribution in [2.45, 2.75) is 26.8 Å². The zero-order valence-electron chi connectivity index (χ0n) is 13.4. The van der Waals surface area contributed by atoms with Crippen LogP contribution in [0.1, 0.15) is 29.7 Å². The third kappa shape index (κ3) is 4.21. The summed E-state index contributed by atoms with van der Waals surface area (Å²) in [5.41, 5.74) is 4.73. The van der Waals surface area contributed by atoms with Gasteiger partial charge in [0, 0.05) is 5.69 Å². The second-order valence-corrected chi connectivity index (χ2v) is 5.82. The van der Waals surface area contributed by atoms with Crippen LogP contribution in [0.25, 0.3) is 0 Å². The first-order chi connectivity index (χ1) is 10.5. The highest BCUT2D eigenvalue weighted by Gasteiger charge is 2.09. The number of benzene rings is 2. The highest BCUT2D eigenvalue weighted by atomic mass is 32.1. The summed E-state index contributed by atoms with van der Waals surface area (Å²) >= 11 is 5.39. The standard InChI is InChI=1S/C18H22N2OS/c1-12-5-10-17(13(2)11-12)14(3)19-18(22)20-15-6-8-16(21-4)9-7-15/h5-11,14H,1-4H3,(H2,19,20,22). The van der Waals surface area contributed by atoms with Crippen molar-refractivity contribution in [3.8, 4) is 5.75 Å². The number of nitrogens with one attached hydrogen (secondary N) is 2. The minimum Gasteiger partial charge on any atom is -0.497 e. The molecule has 0 spiro atoms. The van der Waals surface area contributed by atoms with Gasteiger partial charge in [-0.2, -0.15) is 0 Å². The molecule has 0 aliphatic carbocycles. The SMILES string of the molecule is COc1ccc(NC(=S)NC(C)c2ccc(C)cc2C)cc1. The summed E-state index contributed by atoms with van der Waals surface area (Å²) in [6.07, 6.45) is 0. The summed E-state index contributed by atoms with van der Waals surface area (Å²) < 4.78 is 5.14. The Hall–Kier alpha value is -2.07. The van der Waals surface area contributed by atoms with Crippen molar-refractivity contribution in [3.63, 3.8) is 0 Å². The molecule has 116 valence electrons. The number of rotatable bonds is 4. The molecule has 0 aliphatic rings. The Morgan fingerprint density at radius 2 is 1.77 bits per heavy atom. The van der Waals surface area contributed by atoms with Gasteiger partial charge in [0.25, 0.3) is 0 Å². The molecular formula is C18H22N2OS. The first-order valence-electron chi connectivity index (χ1n) is 7.28. The molecule has 2 rings (SSSR count). The number of ether oxygens (including phenoxy) is 1. The molecular weight excluding hydrogens is 292 g/mol. The fraction of sp³-hybridized carbons (Fsp3) is 0.278. The molecule has 2 aromatic rings. The van der Waals surface area contributed by atoms with E-state index in [-0.39, 0.29) is 6.04 Å². The van der Waals surface area contributed by atoms with Crippen molar-refractivity contribution in [2.75, 3.05) is 12.4 Å². The molecule has 0 heterocycles. The Morgan fingerprint density at radius 3 is 2.36 bits per heavy atom. The lowest BCUT2D eigenvalue weighted by Crippen LogP contribution is -2.31. The Morgan fingerprint density at radius 1 is 1.09 bits per heavy atom. The molecule has 0 bridgehead atoms. The van der Waals surface area contributed by atoms with Crippen LogP contribution in [0.2, 0.25) is 0 Å². The number of anilines is 1. The normalized spacial score (nSPS) is 11.6. The molecule has 2 aromatic carbocycles. The summed E-state index contributed by atoms with van der Waals surface area (Å²) in [7, 11) is 1.65.